The van der Waals surface area contributed by atoms with Crippen molar-refractivity contribution in [2.75, 3.05) is 5.32 Å². The van der Waals surface area contributed by atoms with Crippen LogP contribution in [0.1, 0.15) is 10.4 Å². The number of carbonyl (C=O) groups is 1. The van der Waals surface area contributed by atoms with Crippen LogP contribution in [-0.2, 0) is 0 Å². The van der Waals surface area contributed by atoms with Gasteiger partial charge < -0.3 is 0 Å². The summed E-state index contributed by atoms with van der Waals surface area (Å²) in [4.78, 5) is 24.2. The van der Waals surface area contributed by atoms with Gasteiger partial charge >= 0.3 is 0 Å². The Balaban J connectivity index is 1.73. The van der Waals surface area contributed by atoms with Crippen molar-refractivity contribution >= 4 is 11.9 Å². The molecule has 1 N–H and O–H groups in total. The molecular formula is C16H11FN4O. The molecule has 0 aliphatic rings. The average molecular weight is 294 g/mol. The number of pyridine rings is 1. The third-order valence-electron chi connectivity index (χ3n) is 2.98. The van der Waals surface area contributed by atoms with Gasteiger partial charge in [-0.2, -0.15) is 0 Å². The van der Waals surface area contributed by atoms with Crippen LogP contribution in [-0.4, -0.2) is 20.9 Å². The molecule has 108 valence electrons. The lowest BCUT2D eigenvalue weighted by Gasteiger charge is -2.05. The Morgan fingerprint density at radius 2 is 1.68 bits per heavy atom. The zero-order valence-corrected chi connectivity index (χ0v) is 11.4. The first kappa shape index (κ1) is 13.8. The van der Waals surface area contributed by atoms with Gasteiger partial charge in [-0.05, 0) is 30.3 Å². The lowest BCUT2D eigenvalue weighted by molar-refractivity contribution is 0.102. The smallest absolute Gasteiger partial charge is 0.258 e. The Hall–Kier alpha value is -3.15. The van der Waals surface area contributed by atoms with Gasteiger partial charge in [0, 0.05) is 41.5 Å². The normalized spacial score (nSPS) is 10.2. The predicted molar refractivity (Wildman–Crippen MR) is 79.6 cm³/mol. The Morgan fingerprint density at radius 1 is 0.955 bits per heavy atom. The second-order valence-electron chi connectivity index (χ2n) is 4.50. The zero-order valence-electron chi connectivity index (χ0n) is 11.4. The minimum absolute atomic E-state index is 0.182. The fraction of sp³-hybridized carbons (Fsp3) is 0. The number of anilines is 1. The number of nitrogens with zero attached hydrogens (tertiary/aromatic N) is 3. The number of aromatic nitrogens is 3. The third kappa shape index (κ3) is 3.12. The summed E-state index contributed by atoms with van der Waals surface area (Å²) in [5.74, 6) is -0.607. The monoisotopic (exact) mass is 294 g/mol. The van der Waals surface area contributed by atoms with Crippen LogP contribution in [0.2, 0.25) is 0 Å². The first-order chi connectivity index (χ1) is 10.7. The van der Waals surface area contributed by atoms with Crippen LogP contribution in [0.15, 0.2) is 61.2 Å². The number of hydrogen-bond donors (Lipinski definition) is 1. The second-order valence-corrected chi connectivity index (χ2v) is 4.50. The highest BCUT2D eigenvalue weighted by Gasteiger charge is 2.08. The summed E-state index contributed by atoms with van der Waals surface area (Å²) in [6.07, 6.45) is 6.59. The highest BCUT2D eigenvalue weighted by Crippen LogP contribution is 2.16. The van der Waals surface area contributed by atoms with Crippen molar-refractivity contribution in [3.05, 3.63) is 72.6 Å². The van der Waals surface area contributed by atoms with Crippen LogP contribution in [0.4, 0.5) is 10.3 Å². The maximum Gasteiger partial charge on any atom is 0.258 e. The molecule has 0 aliphatic carbocycles. The van der Waals surface area contributed by atoms with E-state index in [-0.39, 0.29) is 5.95 Å². The van der Waals surface area contributed by atoms with Gasteiger partial charge in [0.25, 0.3) is 5.91 Å². The number of nitrogens with one attached hydrogen (secondary N) is 1. The number of halogens is 1. The molecule has 0 fully saturated rings. The van der Waals surface area contributed by atoms with Crippen molar-refractivity contribution in [1.29, 1.82) is 0 Å². The summed E-state index contributed by atoms with van der Waals surface area (Å²) in [6, 6.07) is 8.95. The molecule has 1 amide bonds. The van der Waals surface area contributed by atoms with Gasteiger partial charge in [-0.3, -0.25) is 15.1 Å². The molecular weight excluding hydrogens is 283 g/mol. The SMILES string of the molecule is O=C(Nc1ncc(-c2cccnc2)cn1)c1ccc(F)cc1. The lowest BCUT2D eigenvalue weighted by Crippen LogP contribution is -2.14. The van der Waals surface area contributed by atoms with E-state index < -0.39 is 11.7 Å². The van der Waals surface area contributed by atoms with Gasteiger partial charge in [0.1, 0.15) is 5.82 Å². The lowest BCUT2D eigenvalue weighted by atomic mass is 10.2. The van der Waals surface area contributed by atoms with Gasteiger partial charge in [-0.15, -0.1) is 0 Å². The van der Waals surface area contributed by atoms with E-state index in [2.05, 4.69) is 20.3 Å². The molecule has 0 spiro atoms. The number of amides is 1. The van der Waals surface area contributed by atoms with Crippen molar-refractivity contribution < 1.29 is 9.18 Å². The van der Waals surface area contributed by atoms with Crippen molar-refractivity contribution in [3.8, 4) is 11.1 Å². The molecule has 3 rings (SSSR count). The van der Waals surface area contributed by atoms with Crippen molar-refractivity contribution in [2.45, 2.75) is 0 Å². The molecule has 6 heteroatoms. The fourth-order valence-corrected chi connectivity index (χ4v) is 1.85. The Morgan fingerprint density at radius 3 is 2.32 bits per heavy atom. The van der Waals surface area contributed by atoms with Crippen LogP contribution in [0.25, 0.3) is 11.1 Å². The molecule has 0 aliphatic heterocycles. The van der Waals surface area contributed by atoms with Gasteiger partial charge in [0.05, 0.1) is 0 Å². The molecule has 0 unspecified atom stereocenters. The summed E-state index contributed by atoms with van der Waals surface area (Å²) in [7, 11) is 0. The van der Waals surface area contributed by atoms with E-state index in [0.717, 1.165) is 11.1 Å². The maximum absolute atomic E-state index is 12.8. The van der Waals surface area contributed by atoms with E-state index in [1.807, 2.05) is 12.1 Å². The summed E-state index contributed by atoms with van der Waals surface area (Å²) in [5, 5.41) is 2.56. The first-order valence-corrected chi connectivity index (χ1v) is 6.52. The maximum atomic E-state index is 12.8. The molecule has 3 aromatic rings. The molecule has 0 atom stereocenters. The van der Waals surface area contributed by atoms with Gasteiger partial charge in [0.2, 0.25) is 5.95 Å². The highest BCUT2D eigenvalue weighted by atomic mass is 19.1. The Bertz CT molecular complexity index is 774. The summed E-state index contributed by atoms with van der Waals surface area (Å²) < 4.78 is 12.8. The molecule has 2 aromatic heterocycles. The topological polar surface area (TPSA) is 67.8 Å². The van der Waals surface area contributed by atoms with E-state index >= 15 is 0 Å². The number of carbonyl (C=O) groups excluding carboxylic acids is 1. The molecule has 2 heterocycles. The van der Waals surface area contributed by atoms with E-state index in [9.17, 15) is 9.18 Å². The van der Waals surface area contributed by atoms with E-state index in [1.165, 1.54) is 24.3 Å². The second kappa shape index (κ2) is 6.09. The quantitative estimate of drug-likeness (QED) is 0.806. The van der Waals surface area contributed by atoms with E-state index in [1.54, 1.807) is 24.8 Å². The van der Waals surface area contributed by atoms with Crippen molar-refractivity contribution in [2.24, 2.45) is 0 Å². The number of rotatable bonds is 3. The van der Waals surface area contributed by atoms with Crippen LogP contribution >= 0.6 is 0 Å². The minimum atomic E-state index is -0.395. The van der Waals surface area contributed by atoms with Gasteiger partial charge in [-0.25, -0.2) is 14.4 Å². The van der Waals surface area contributed by atoms with E-state index in [0.29, 0.717) is 5.56 Å². The Labute approximate surface area is 125 Å². The largest absolute Gasteiger partial charge is 0.290 e. The standard InChI is InChI=1S/C16H11FN4O/c17-14-5-3-11(4-6-14)15(22)21-16-19-9-13(10-20-16)12-2-1-7-18-8-12/h1-10H,(H,19,20,21,22). The van der Waals surface area contributed by atoms with Gasteiger partial charge in [0.15, 0.2) is 0 Å². The van der Waals surface area contributed by atoms with Crippen LogP contribution in [0.3, 0.4) is 0 Å². The first-order valence-electron chi connectivity index (χ1n) is 6.52. The molecule has 22 heavy (non-hydrogen) atoms. The summed E-state index contributed by atoms with van der Waals surface area (Å²) in [5.41, 5.74) is 2.02. The van der Waals surface area contributed by atoms with Crippen LogP contribution in [0.5, 0.6) is 0 Å². The molecule has 0 radical (unpaired) electrons. The van der Waals surface area contributed by atoms with Crippen molar-refractivity contribution in [1.82, 2.24) is 15.0 Å². The average Bonchev–Trinajstić information content (AvgIpc) is 2.57. The molecule has 0 saturated carbocycles. The predicted octanol–water partition coefficient (Wildman–Crippen LogP) is 2.93. The van der Waals surface area contributed by atoms with E-state index in [4.69, 9.17) is 0 Å². The van der Waals surface area contributed by atoms with Crippen molar-refractivity contribution in [3.63, 3.8) is 0 Å². The van der Waals surface area contributed by atoms with Crippen LogP contribution in [0, 0.1) is 5.82 Å². The van der Waals surface area contributed by atoms with Gasteiger partial charge in [-0.1, -0.05) is 6.07 Å². The number of benzene rings is 1. The highest BCUT2D eigenvalue weighted by molar-refractivity contribution is 6.03. The molecule has 0 bridgehead atoms. The molecule has 5 nitrogen and oxygen atoms in total. The molecule has 0 saturated heterocycles. The summed E-state index contributed by atoms with van der Waals surface area (Å²) >= 11 is 0. The summed E-state index contributed by atoms with van der Waals surface area (Å²) in [6.45, 7) is 0. The fourth-order valence-electron chi connectivity index (χ4n) is 1.85. The zero-order chi connectivity index (χ0) is 15.4. The Kier molecular flexibility index (Phi) is 3.82. The third-order valence-corrected chi connectivity index (χ3v) is 2.98. The minimum Gasteiger partial charge on any atom is -0.290 e. The molecule has 1 aromatic carbocycles. The van der Waals surface area contributed by atoms with Crippen LogP contribution < -0.4 is 5.32 Å². The number of hydrogen-bond acceptors (Lipinski definition) is 4.